The minimum Gasteiger partial charge on any atom is -0.438 e. The van der Waals surface area contributed by atoms with Crippen molar-refractivity contribution in [1.29, 1.82) is 0 Å². The lowest BCUT2D eigenvalue weighted by Gasteiger charge is -2.51. The van der Waals surface area contributed by atoms with Crippen LogP contribution in [0, 0.1) is 10.8 Å². The Labute approximate surface area is 88.0 Å². The first-order valence-electron chi connectivity index (χ1n) is 5.64. The van der Waals surface area contributed by atoms with Gasteiger partial charge in [-0.2, -0.15) is 0 Å². The standard InChI is InChI=1S/C12H21BO/c1-10-5-11(2)7-12(3,6-10)9-13(8-11)14-4/h1,5-9H2,2-4H3. The van der Waals surface area contributed by atoms with Crippen LogP contribution in [0.4, 0.5) is 0 Å². The molecule has 1 aliphatic heterocycles. The zero-order chi connectivity index (χ0) is 10.4. The van der Waals surface area contributed by atoms with E-state index in [1.54, 1.807) is 0 Å². The molecule has 0 N–H and O–H groups in total. The van der Waals surface area contributed by atoms with Crippen molar-refractivity contribution in [2.75, 3.05) is 7.11 Å². The number of fused-ring (bicyclic) bond motifs is 2. The first-order valence-corrected chi connectivity index (χ1v) is 5.64. The Hall–Kier alpha value is -0.235. The number of allylic oxidation sites excluding steroid dienone is 1. The zero-order valence-electron chi connectivity index (χ0n) is 9.73. The van der Waals surface area contributed by atoms with Gasteiger partial charge in [0.2, 0.25) is 0 Å². The molecule has 0 aromatic carbocycles. The summed E-state index contributed by atoms with van der Waals surface area (Å²) >= 11 is 0. The summed E-state index contributed by atoms with van der Waals surface area (Å²) < 4.78 is 5.56. The van der Waals surface area contributed by atoms with Gasteiger partial charge in [0.05, 0.1) is 0 Å². The predicted molar refractivity (Wildman–Crippen MR) is 61.6 cm³/mol. The summed E-state index contributed by atoms with van der Waals surface area (Å²) in [5.74, 6) is 0. The monoisotopic (exact) mass is 192 g/mol. The lowest BCUT2D eigenvalue weighted by molar-refractivity contribution is 0.123. The van der Waals surface area contributed by atoms with Crippen LogP contribution in [-0.2, 0) is 4.65 Å². The predicted octanol–water partition coefficient (Wildman–Crippen LogP) is 3.39. The van der Waals surface area contributed by atoms with Crippen molar-refractivity contribution in [3.63, 3.8) is 0 Å². The molecule has 1 heterocycles. The van der Waals surface area contributed by atoms with Crippen LogP contribution in [0.1, 0.15) is 33.1 Å². The van der Waals surface area contributed by atoms with Crippen molar-refractivity contribution in [3.05, 3.63) is 12.2 Å². The third-order valence-electron chi connectivity index (χ3n) is 3.98. The maximum Gasteiger partial charge on any atom is 0.293 e. The first-order chi connectivity index (χ1) is 6.45. The molecule has 0 radical (unpaired) electrons. The van der Waals surface area contributed by atoms with Gasteiger partial charge in [-0.15, -0.1) is 0 Å². The van der Waals surface area contributed by atoms with Crippen LogP contribution in [0.3, 0.4) is 0 Å². The summed E-state index contributed by atoms with van der Waals surface area (Å²) in [6.45, 7) is 9.48. The van der Waals surface area contributed by atoms with E-state index in [0.717, 1.165) is 0 Å². The third kappa shape index (κ3) is 1.77. The van der Waals surface area contributed by atoms with Crippen molar-refractivity contribution in [2.45, 2.75) is 45.8 Å². The second kappa shape index (κ2) is 3.13. The highest BCUT2D eigenvalue weighted by atomic mass is 16.4. The summed E-state index contributed by atoms with van der Waals surface area (Å²) in [7, 11) is 1.85. The minimum absolute atomic E-state index is 0.461. The largest absolute Gasteiger partial charge is 0.438 e. The molecule has 1 aliphatic carbocycles. The minimum atomic E-state index is 0.461. The summed E-state index contributed by atoms with van der Waals surface area (Å²) in [6, 6.07) is 0. The van der Waals surface area contributed by atoms with E-state index in [-0.39, 0.29) is 0 Å². The fourth-order valence-electron chi connectivity index (χ4n) is 4.05. The highest BCUT2D eigenvalue weighted by Crippen LogP contribution is 2.57. The molecule has 2 aliphatic rings. The summed E-state index contributed by atoms with van der Waals surface area (Å²) in [5, 5.41) is 0. The zero-order valence-corrected chi connectivity index (χ0v) is 9.73. The average molecular weight is 192 g/mol. The molecule has 78 valence electrons. The van der Waals surface area contributed by atoms with Crippen LogP contribution in [0.2, 0.25) is 12.6 Å². The van der Waals surface area contributed by atoms with Crippen LogP contribution in [0.5, 0.6) is 0 Å². The topological polar surface area (TPSA) is 9.23 Å². The van der Waals surface area contributed by atoms with Crippen molar-refractivity contribution < 1.29 is 4.65 Å². The Morgan fingerprint density at radius 1 is 1.21 bits per heavy atom. The van der Waals surface area contributed by atoms with E-state index in [1.165, 1.54) is 37.5 Å². The molecular weight excluding hydrogens is 171 g/mol. The molecule has 2 heteroatoms. The smallest absolute Gasteiger partial charge is 0.293 e. The van der Waals surface area contributed by atoms with Crippen LogP contribution < -0.4 is 0 Å². The van der Waals surface area contributed by atoms with E-state index in [2.05, 4.69) is 20.4 Å². The summed E-state index contributed by atoms with van der Waals surface area (Å²) in [6.07, 6.45) is 6.22. The average Bonchev–Trinajstić information content (AvgIpc) is 1.97. The molecule has 1 saturated carbocycles. The van der Waals surface area contributed by atoms with Gasteiger partial charge < -0.3 is 4.65 Å². The van der Waals surface area contributed by atoms with Gasteiger partial charge in [0, 0.05) is 7.11 Å². The summed E-state index contributed by atoms with van der Waals surface area (Å²) in [5.41, 5.74) is 2.38. The fraction of sp³-hybridized carbons (Fsp3) is 0.833. The highest BCUT2D eigenvalue weighted by molar-refractivity contribution is 6.52. The molecule has 14 heavy (non-hydrogen) atoms. The third-order valence-corrected chi connectivity index (χ3v) is 3.98. The molecule has 2 bridgehead atoms. The van der Waals surface area contributed by atoms with Gasteiger partial charge in [0.25, 0.3) is 6.92 Å². The molecule has 0 spiro atoms. The van der Waals surface area contributed by atoms with Crippen LogP contribution in [0.15, 0.2) is 12.2 Å². The van der Waals surface area contributed by atoms with Crippen LogP contribution in [-0.4, -0.2) is 14.0 Å². The van der Waals surface area contributed by atoms with Gasteiger partial charge in [-0.1, -0.05) is 26.0 Å². The van der Waals surface area contributed by atoms with E-state index in [0.29, 0.717) is 17.7 Å². The molecule has 1 nitrogen and oxygen atoms in total. The second-order valence-corrected chi connectivity index (χ2v) is 6.17. The molecule has 0 aromatic heterocycles. The Bertz CT molecular complexity index is 241. The van der Waals surface area contributed by atoms with E-state index < -0.39 is 0 Å². The van der Waals surface area contributed by atoms with E-state index >= 15 is 0 Å². The lowest BCUT2D eigenvalue weighted by atomic mass is 9.38. The maximum absolute atomic E-state index is 5.56. The van der Waals surface area contributed by atoms with Gasteiger partial charge in [0.15, 0.2) is 0 Å². The molecule has 0 aromatic rings. The SMILES string of the molecule is C=C1CC2(C)CB(OC)CC(C)(C1)C2. The molecule has 2 rings (SSSR count). The van der Waals surface area contributed by atoms with Crippen LogP contribution >= 0.6 is 0 Å². The van der Waals surface area contributed by atoms with Crippen molar-refractivity contribution in [3.8, 4) is 0 Å². The van der Waals surface area contributed by atoms with E-state index in [9.17, 15) is 0 Å². The first kappa shape index (κ1) is 10.3. The molecule has 2 atom stereocenters. The Kier molecular flexibility index (Phi) is 2.30. The highest BCUT2D eigenvalue weighted by Gasteiger charge is 2.48. The van der Waals surface area contributed by atoms with Gasteiger partial charge in [0.1, 0.15) is 0 Å². The van der Waals surface area contributed by atoms with E-state index in [1.807, 2.05) is 7.11 Å². The van der Waals surface area contributed by atoms with Crippen LogP contribution in [0.25, 0.3) is 0 Å². The molecule has 1 saturated heterocycles. The Balaban J connectivity index is 2.23. The number of hydrogen-bond acceptors (Lipinski definition) is 1. The Morgan fingerprint density at radius 3 is 2.14 bits per heavy atom. The summed E-state index contributed by atoms with van der Waals surface area (Å²) in [4.78, 5) is 0. The van der Waals surface area contributed by atoms with Gasteiger partial charge in [-0.25, -0.2) is 0 Å². The van der Waals surface area contributed by atoms with Gasteiger partial charge in [-0.05, 0) is 42.7 Å². The van der Waals surface area contributed by atoms with Crippen molar-refractivity contribution in [1.82, 2.24) is 0 Å². The molecule has 2 unspecified atom stereocenters. The maximum atomic E-state index is 5.56. The molecule has 2 fully saturated rings. The Morgan fingerprint density at radius 2 is 1.71 bits per heavy atom. The van der Waals surface area contributed by atoms with Crippen molar-refractivity contribution >= 4 is 6.92 Å². The van der Waals surface area contributed by atoms with Gasteiger partial charge >= 0.3 is 0 Å². The lowest BCUT2D eigenvalue weighted by Crippen LogP contribution is -2.45. The number of rotatable bonds is 1. The molecule has 0 amide bonds. The normalized spacial score (nSPS) is 42.8. The van der Waals surface area contributed by atoms with Gasteiger partial charge in [-0.3, -0.25) is 0 Å². The second-order valence-electron chi connectivity index (χ2n) is 6.17. The van der Waals surface area contributed by atoms with E-state index in [4.69, 9.17) is 4.65 Å². The quantitative estimate of drug-likeness (QED) is 0.457. The van der Waals surface area contributed by atoms with Crippen molar-refractivity contribution in [2.24, 2.45) is 10.8 Å². The molecular formula is C12H21BO. The number of hydrogen-bond donors (Lipinski definition) is 0. The fourth-order valence-corrected chi connectivity index (χ4v) is 4.05.